The van der Waals surface area contributed by atoms with E-state index in [2.05, 4.69) is 46.6 Å². The minimum absolute atomic E-state index is 0.955. The Bertz CT molecular complexity index is 990. The molecule has 0 radical (unpaired) electrons. The second kappa shape index (κ2) is 5.06. The van der Waals surface area contributed by atoms with E-state index in [1.165, 1.54) is 0 Å². The average Bonchev–Trinajstić information content (AvgIpc) is 3.25. The van der Waals surface area contributed by atoms with Crippen molar-refractivity contribution in [1.29, 1.82) is 0 Å². The number of aromatic nitrogens is 4. The quantitative estimate of drug-likeness (QED) is 0.487. The summed E-state index contributed by atoms with van der Waals surface area (Å²) in [7, 11) is 0. The summed E-state index contributed by atoms with van der Waals surface area (Å²) in [5.41, 5.74) is 6.07. The van der Waals surface area contributed by atoms with Crippen molar-refractivity contribution in [1.82, 2.24) is 18.8 Å². The van der Waals surface area contributed by atoms with Gasteiger partial charge in [0.2, 0.25) is 0 Å². The lowest BCUT2D eigenvalue weighted by atomic mass is 10.1. The van der Waals surface area contributed by atoms with E-state index in [1.807, 2.05) is 57.6 Å². The summed E-state index contributed by atoms with van der Waals surface area (Å²) in [6.07, 6.45) is 8.12. The zero-order valence-electron chi connectivity index (χ0n) is 12.9. The summed E-state index contributed by atoms with van der Waals surface area (Å²) in [5.74, 6) is 0. The van der Waals surface area contributed by atoms with Crippen LogP contribution in [0.1, 0.15) is 0 Å². The van der Waals surface area contributed by atoms with Crippen LogP contribution in [0.5, 0.6) is 0 Å². The van der Waals surface area contributed by atoms with Crippen molar-refractivity contribution in [2.45, 2.75) is 0 Å². The molecule has 5 rings (SSSR count). The molecule has 4 nitrogen and oxygen atoms in total. The number of nitrogens with zero attached hydrogens (tertiary/aromatic N) is 4. The molecule has 0 unspecified atom stereocenters. The predicted molar refractivity (Wildman–Crippen MR) is 94.8 cm³/mol. The molecule has 114 valence electrons. The lowest BCUT2D eigenvalue weighted by molar-refractivity contribution is 1.19. The van der Waals surface area contributed by atoms with Crippen molar-refractivity contribution < 1.29 is 0 Å². The number of hydrogen-bond donors (Lipinski definition) is 0. The number of imidazole rings is 2. The van der Waals surface area contributed by atoms with Crippen LogP contribution in [-0.2, 0) is 0 Å². The third kappa shape index (κ3) is 2.08. The smallest absolute Gasteiger partial charge is 0.137 e. The van der Waals surface area contributed by atoms with Crippen LogP contribution in [-0.4, -0.2) is 18.8 Å². The monoisotopic (exact) mass is 310 g/mol. The summed E-state index contributed by atoms with van der Waals surface area (Å²) in [4.78, 5) is 9.33. The molecule has 0 bridgehead atoms. The zero-order valence-corrected chi connectivity index (χ0v) is 12.9. The first kappa shape index (κ1) is 13.1. The Balaban J connectivity index is 1.54. The highest BCUT2D eigenvalue weighted by molar-refractivity contribution is 5.69. The van der Waals surface area contributed by atoms with Gasteiger partial charge in [-0.05, 0) is 24.3 Å². The van der Waals surface area contributed by atoms with Crippen LogP contribution in [0.4, 0.5) is 0 Å². The molecule has 0 saturated carbocycles. The summed E-state index contributed by atoms with van der Waals surface area (Å²) in [6, 6.07) is 20.4. The number of hydrogen-bond acceptors (Lipinski definition) is 2. The fraction of sp³-hybridized carbons (Fsp3) is 0. The van der Waals surface area contributed by atoms with E-state index in [4.69, 9.17) is 0 Å². The maximum Gasteiger partial charge on any atom is 0.137 e. The van der Waals surface area contributed by atoms with E-state index >= 15 is 0 Å². The van der Waals surface area contributed by atoms with Gasteiger partial charge in [-0.15, -0.1) is 0 Å². The lowest BCUT2D eigenvalue weighted by Crippen LogP contribution is -1.80. The van der Waals surface area contributed by atoms with Crippen molar-refractivity contribution in [3.05, 3.63) is 85.5 Å². The van der Waals surface area contributed by atoms with E-state index in [-0.39, 0.29) is 0 Å². The maximum atomic E-state index is 4.66. The summed E-state index contributed by atoms with van der Waals surface area (Å²) >= 11 is 0. The maximum absolute atomic E-state index is 4.66. The fourth-order valence-corrected chi connectivity index (χ4v) is 2.96. The Kier molecular flexibility index (Phi) is 2.76. The molecule has 4 heteroatoms. The van der Waals surface area contributed by atoms with E-state index in [1.54, 1.807) is 0 Å². The van der Waals surface area contributed by atoms with Crippen LogP contribution in [0.15, 0.2) is 85.5 Å². The van der Waals surface area contributed by atoms with Gasteiger partial charge in [0.25, 0.3) is 0 Å². The molecule has 0 amide bonds. The molecule has 4 heterocycles. The van der Waals surface area contributed by atoms with Gasteiger partial charge in [0.1, 0.15) is 11.3 Å². The Hall–Kier alpha value is -3.40. The Morgan fingerprint density at radius 3 is 1.42 bits per heavy atom. The van der Waals surface area contributed by atoms with E-state index < -0.39 is 0 Å². The molecule has 0 fully saturated rings. The SMILES string of the molecule is c1ccn2cc(-c3ccc(-c4cn5ccccc5n4)cc3)nc2c1. The molecule has 0 spiro atoms. The predicted octanol–water partition coefficient (Wildman–Crippen LogP) is 4.32. The van der Waals surface area contributed by atoms with E-state index in [9.17, 15) is 0 Å². The highest BCUT2D eigenvalue weighted by Gasteiger charge is 2.07. The molecule has 4 aromatic heterocycles. The van der Waals surface area contributed by atoms with Gasteiger partial charge >= 0.3 is 0 Å². The average molecular weight is 310 g/mol. The molecule has 0 aliphatic carbocycles. The molecule has 5 aromatic rings. The Morgan fingerprint density at radius 1 is 0.542 bits per heavy atom. The van der Waals surface area contributed by atoms with Gasteiger partial charge in [-0.2, -0.15) is 0 Å². The third-order valence-electron chi connectivity index (χ3n) is 4.20. The van der Waals surface area contributed by atoms with Crippen LogP contribution in [0.2, 0.25) is 0 Å². The normalized spacial score (nSPS) is 11.3. The number of rotatable bonds is 2. The van der Waals surface area contributed by atoms with Crippen molar-refractivity contribution in [3.63, 3.8) is 0 Å². The lowest BCUT2D eigenvalue weighted by Gasteiger charge is -1.99. The molecular weight excluding hydrogens is 296 g/mol. The Labute approximate surface area is 138 Å². The Morgan fingerprint density at radius 2 is 1.00 bits per heavy atom. The highest BCUT2D eigenvalue weighted by atomic mass is 15.0. The minimum Gasteiger partial charge on any atom is -0.306 e. The largest absolute Gasteiger partial charge is 0.306 e. The first-order chi connectivity index (χ1) is 11.9. The van der Waals surface area contributed by atoms with E-state index in [0.717, 1.165) is 33.8 Å². The van der Waals surface area contributed by atoms with Crippen LogP contribution in [0.3, 0.4) is 0 Å². The first-order valence-corrected chi connectivity index (χ1v) is 7.85. The number of benzene rings is 1. The summed E-state index contributed by atoms with van der Waals surface area (Å²) in [5, 5.41) is 0. The second-order valence-electron chi connectivity index (χ2n) is 5.76. The fourth-order valence-electron chi connectivity index (χ4n) is 2.96. The third-order valence-corrected chi connectivity index (χ3v) is 4.20. The van der Waals surface area contributed by atoms with Crippen molar-refractivity contribution in [3.8, 4) is 22.5 Å². The van der Waals surface area contributed by atoms with Crippen molar-refractivity contribution in [2.75, 3.05) is 0 Å². The molecule has 0 atom stereocenters. The van der Waals surface area contributed by atoms with E-state index in [0.29, 0.717) is 0 Å². The van der Waals surface area contributed by atoms with Crippen LogP contribution in [0, 0.1) is 0 Å². The molecule has 0 aliphatic heterocycles. The van der Waals surface area contributed by atoms with Gasteiger partial charge < -0.3 is 8.80 Å². The minimum atomic E-state index is 0.955. The number of fused-ring (bicyclic) bond motifs is 2. The van der Waals surface area contributed by atoms with Crippen LogP contribution >= 0.6 is 0 Å². The number of pyridine rings is 2. The van der Waals surface area contributed by atoms with Crippen LogP contribution in [0.25, 0.3) is 33.8 Å². The van der Waals surface area contributed by atoms with Gasteiger partial charge in [-0.1, -0.05) is 36.4 Å². The van der Waals surface area contributed by atoms with Gasteiger partial charge in [0.15, 0.2) is 0 Å². The van der Waals surface area contributed by atoms with Crippen molar-refractivity contribution >= 4 is 11.3 Å². The van der Waals surface area contributed by atoms with Crippen LogP contribution < -0.4 is 0 Å². The molecule has 1 aromatic carbocycles. The van der Waals surface area contributed by atoms with Crippen molar-refractivity contribution in [2.24, 2.45) is 0 Å². The second-order valence-corrected chi connectivity index (χ2v) is 5.76. The molecular formula is C20H14N4. The standard InChI is InChI=1S/C20H14N4/c1-3-11-23-13-17(21-19(23)5-1)15-7-9-16(10-8-15)18-14-24-12-4-2-6-20(24)22-18/h1-14H. The topological polar surface area (TPSA) is 34.6 Å². The van der Waals surface area contributed by atoms with Gasteiger partial charge in [-0.25, -0.2) is 9.97 Å². The highest BCUT2D eigenvalue weighted by Crippen LogP contribution is 2.24. The van der Waals surface area contributed by atoms with Gasteiger partial charge in [0, 0.05) is 35.9 Å². The summed E-state index contributed by atoms with van der Waals surface area (Å²) < 4.78 is 4.07. The zero-order chi connectivity index (χ0) is 15.9. The molecule has 0 N–H and O–H groups in total. The summed E-state index contributed by atoms with van der Waals surface area (Å²) in [6.45, 7) is 0. The van der Waals surface area contributed by atoms with Gasteiger partial charge in [-0.3, -0.25) is 0 Å². The first-order valence-electron chi connectivity index (χ1n) is 7.85. The van der Waals surface area contributed by atoms with Gasteiger partial charge in [0.05, 0.1) is 11.4 Å². The molecule has 0 aliphatic rings. The molecule has 0 saturated heterocycles. The molecule has 24 heavy (non-hydrogen) atoms.